The Labute approximate surface area is 135 Å². The van der Waals surface area contributed by atoms with Crippen LogP contribution in [-0.4, -0.2) is 37.3 Å². The van der Waals surface area contributed by atoms with Gasteiger partial charge in [-0.15, -0.1) is 0 Å². The van der Waals surface area contributed by atoms with Crippen molar-refractivity contribution in [1.29, 1.82) is 0 Å². The van der Waals surface area contributed by atoms with Crippen LogP contribution in [0, 0.1) is 0 Å². The van der Waals surface area contributed by atoms with Crippen LogP contribution in [0.3, 0.4) is 0 Å². The number of hydrogen-bond acceptors (Lipinski definition) is 2. The van der Waals surface area contributed by atoms with Crippen molar-refractivity contribution in [2.45, 2.75) is 25.1 Å². The topological polar surface area (TPSA) is 15.3 Å². The van der Waals surface area contributed by atoms with E-state index in [2.05, 4.69) is 26.1 Å². The molecular formula is C14H17BrClF3N2. The van der Waals surface area contributed by atoms with Gasteiger partial charge >= 0.3 is 6.18 Å². The standard InChI is InChI=1S/C14H17BrClF3N2/c15-10-1-2-12(16)11(9-10)13(3-4-14(17,18)19)21-7-5-20-6-8-21/h1-2,9,13,20H,3-8H2/t13-/m1/s1. The van der Waals surface area contributed by atoms with Crippen LogP contribution in [0.15, 0.2) is 22.7 Å². The lowest BCUT2D eigenvalue weighted by Crippen LogP contribution is -2.45. The predicted octanol–water partition coefficient (Wildman–Crippen LogP) is 4.39. The molecule has 0 radical (unpaired) electrons. The molecule has 1 atom stereocenters. The molecular weight excluding hydrogens is 369 g/mol. The SMILES string of the molecule is FC(F)(F)CC[C@H](c1cc(Br)ccc1Cl)N1CCNCC1. The Kier molecular flexibility index (Phi) is 5.94. The maximum Gasteiger partial charge on any atom is 0.389 e. The molecule has 1 heterocycles. The summed E-state index contributed by atoms with van der Waals surface area (Å²) >= 11 is 9.58. The zero-order chi connectivity index (χ0) is 15.5. The number of nitrogens with zero attached hydrogens (tertiary/aromatic N) is 1. The van der Waals surface area contributed by atoms with Gasteiger partial charge in [0.05, 0.1) is 0 Å². The molecule has 1 fully saturated rings. The molecule has 0 spiro atoms. The fourth-order valence-electron chi connectivity index (χ4n) is 2.60. The number of halogens is 5. The van der Waals surface area contributed by atoms with E-state index in [4.69, 9.17) is 11.6 Å². The Hall–Kier alpha value is -0.300. The lowest BCUT2D eigenvalue weighted by molar-refractivity contribution is -0.138. The highest BCUT2D eigenvalue weighted by Crippen LogP contribution is 2.36. The summed E-state index contributed by atoms with van der Waals surface area (Å²) in [4.78, 5) is 2.08. The number of nitrogens with one attached hydrogen (secondary N) is 1. The van der Waals surface area contributed by atoms with E-state index in [1.807, 2.05) is 6.07 Å². The van der Waals surface area contributed by atoms with Crippen LogP contribution in [0.5, 0.6) is 0 Å². The van der Waals surface area contributed by atoms with Crippen LogP contribution in [0.2, 0.25) is 5.02 Å². The second-order valence-corrected chi connectivity index (χ2v) is 6.44. The Bertz CT molecular complexity index is 476. The van der Waals surface area contributed by atoms with E-state index >= 15 is 0 Å². The van der Waals surface area contributed by atoms with Crippen molar-refractivity contribution >= 4 is 27.5 Å². The molecule has 1 saturated heterocycles. The maximum absolute atomic E-state index is 12.6. The minimum Gasteiger partial charge on any atom is -0.314 e. The summed E-state index contributed by atoms with van der Waals surface area (Å²) in [7, 11) is 0. The highest BCUT2D eigenvalue weighted by atomic mass is 79.9. The molecule has 1 aromatic carbocycles. The zero-order valence-corrected chi connectivity index (χ0v) is 13.7. The van der Waals surface area contributed by atoms with E-state index in [1.165, 1.54) is 0 Å². The molecule has 21 heavy (non-hydrogen) atoms. The fourth-order valence-corrected chi connectivity index (χ4v) is 3.22. The molecule has 0 bridgehead atoms. The van der Waals surface area contributed by atoms with Gasteiger partial charge in [0.15, 0.2) is 0 Å². The smallest absolute Gasteiger partial charge is 0.314 e. The Morgan fingerprint density at radius 1 is 1.29 bits per heavy atom. The Balaban J connectivity index is 2.23. The minimum atomic E-state index is -4.15. The first kappa shape index (κ1) is 17.1. The molecule has 1 N–H and O–H groups in total. The van der Waals surface area contributed by atoms with Crippen molar-refractivity contribution in [1.82, 2.24) is 10.2 Å². The summed E-state index contributed by atoms with van der Waals surface area (Å²) in [5.74, 6) is 0. The molecule has 1 aromatic rings. The molecule has 0 aromatic heterocycles. The van der Waals surface area contributed by atoms with E-state index in [0.29, 0.717) is 5.02 Å². The molecule has 2 nitrogen and oxygen atoms in total. The molecule has 0 saturated carbocycles. The van der Waals surface area contributed by atoms with Gasteiger partial charge in [0, 0.05) is 48.1 Å². The summed E-state index contributed by atoms with van der Waals surface area (Å²) in [6, 6.07) is 5.04. The number of benzene rings is 1. The first-order valence-corrected chi connectivity index (χ1v) is 8.00. The number of rotatable bonds is 4. The highest BCUT2D eigenvalue weighted by molar-refractivity contribution is 9.10. The Morgan fingerprint density at radius 2 is 1.95 bits per heavy atom. The average molecular weight is 386 g/mol. The lowest BCUT2D eigenvalue weighted by atomic mass is 9.99. The molecule has 2 rings (SSSR count). The van der Waals surface area contributed by atoms with Gasteiger partial charge in [-0.25, -0.2) is 0 Å². The summed E-state index contributed by atoms with van der Waals surface area (Å²) in [6.45, 7) is 3.03. The van der Waals surface area contributed by atoms with E-state index < -0.39 is 12.6 Å². The van der Waals surface area contributed by atoms with E-state index in [1.54, 1.807) is 12.1 Å². The first-order chi connectivity index (χ1) is 9.87. The third-order valence-corrected chi connectivity index (χ3v) is 4.45. The number of alkyl halides is 3. The summed E-state index contributed by atoms with van der Waals surface area (Å²) in [5, 5.41) is 3.73. The fraction of sp³-hybridized carbons (Fsp3) is 0.571. The molecule has 118 valence electrons. The van der Waals surface area contributed by atoms with Crippen molar-refractivity contribution in [2.24, 2.45) is 0 Å². The van der Waals surface area contributed by atoms with Crippen LogP contribution < -0.4 is 5.32 Å². The molecule has 1 aliphatic heterocycles. The summed E-state index contributed by atoms with van der Waals surface area (Å²) < 4.78 is 38.6. The molecule has 7 heteroatoms. The van der Waals surface area contributed by atoms with Gasteiger partial charge in [0.25, 0.3) is 0 Å². The van der Waals surface area contributed by atoms with Crippen LogP contribution >= 0.6 is 27.5 Å². The largest absolute Gasteiger partial charge is 0.389 e. The van der Waals surface area contributed by atoms with Crippen molar-refractivity contribution in [3.05, 3.63) is 33.3 Å². The quantitative estimate of drug-likeness (QED) is 0.827. The summed E-state index contributed by atoms with van der Waals surface area (Å²) in [5.41, 5.74) is 0.761. The first-order valence-electron chi connectivity index (χ1n) is 6.83. The molecule has 0 aliphatic carbocycles. The summed E-state index contributed by atoms with van der Waals surface area (Å²) in [6.07, 6.45) is -4.92. The molecule has 0 unspecified atom stereocenters. The van der Waals surface area contributed by atoms with Crippen LogP contribution in [0.4, 0.5) is 13.2 Å². The van der Waals surface area contributed by atoms with Crippen molar-refractivity contribution in [3.63, 3.8) is 0 Å². The van der Waals surface area contributed by atoms with E-state index in [9.17, 15) is 13.2 Å². The number of piperazine rings is 1. The third-order valence-electron chi connectivity index (χ3n) is 3.61. The second-order valence-electron chi connectivity index (χ2n) is 5.12. The van der Waals surface area contributed by atoms with Gasteiger partial charge in [-0.3, -0.25) is 4.90 Å². The number of hydrogen-bond donors (Lipinski definition) is 1. The van der Waals surface area contributed by atoms with E-state index in [0.717, 1.165) is 36.2 Å². The van der Waals surface area contributed by atoms with Crippen molar-refractivity contribution in [3.8, 4) is 0 Å². The normalized spacial score (nSPS) is 18.7. The monoisotopic (exact) mass is 384 g/mol. The maximum atomic E-state index is 12.6. The van der Waals surface area contributed by atoms with Crippen molar-refractivity contribution in [2.75, 3.05) is 26.2 Å². The predicted molar refractivity (Wildman–Crippen MR) is 81.6 cm³/mol. The van der Waals surface area contributed by atoms with E-state index in [-0.39, 0.29) is 12.5 Å². The van der Waals surface area contributed by atoms with Crippen LogP contribution in [0.1, 0.15) is 24.4 Å². The highest BCUT2D eigenvalue weighted by Gasteiger charge is 2.32. The average Bonchev–Trinajstić information content (AvgIpc) is 2.43. The van der Waals surface area contributed by atoms with Gasteiger partial charge < -0.3 is 5.32 Å². The van der Waals surface area contributed by atoms with Gasteiger partial charge in [-0.05, 0) is 30.2 Å². The molecule has 1 aliphatic rings. The van der Waals surface area contributed by atoms with Crippen LogP contribution in [-0.2, 0) is 0 Å². The van der Waals surface area contributed by atoms with Crippen LogP contribution in [0.25, 0.3) is 0 Å². The minimum absolute atomic E-state index is 0.0275. The lowest BCUT2D eigenvalue weighted by Gasteiger charge is -2.36. The van der Waals surface area contributed by atoms with Gasteiger partial charge in [-0.2, -0.15) is 13.2 Å². The molecule has 0 amide bonds. The van der Waals surface area contributed by atoms with Gasteiger partial charge in [0.1, 0.15) is 0 Å². The van der Waals surface area contributed by atoms with Gasteiger partial charge in [0.2, 0.25) is 0 Å². The third kappa shape index (κ3) is 5.13. The zero-order valence-electron chi connectivity index (χ0n) is 11.4. The van der Waals surface area contributed by atoms with Gasteiger partial charge in [-0.1, -0.05) is 27.5 Å². The van der Waals surface area contributed by atoms with Crippen molar-refractivity contribution < 1.29 is 13.2 Å². The Morgan fingerprint density at radius 3 is 2.57 bits per heavy atom. The second kappa shape index (κ2) is 7.31.